The van der Waals surface area contributed by atoms with Gasteiger partial charge in [0.25, 0.3) is 5.91 Å². The zero-order valence-corrected chi connectivity index (χ0v) is 10.2. The number of fused-ring (bicyclic) bond motifs is 1. The fraction of sp³-hybridized carbons (Fsp3) is 0. The number of nitrogens with one attached hydrogen (secondary N) is 1. The zero-order valence-electron chi connectivity index (χ0n) is 10.2. The Kier molecular flexibility index (Phi) is 2.90. The first-order valence-corrected chi connectivity index (χ1v) is 5.84. The second kappa shape index (κ2) is 4.73. The standard InChI is InChI=1S/C14H9F2N3O/c15-10-4-1-5-11(16)12(10)18-14(20)9-3-2-7-19-8-6-17-13(9)19/h1-8H,(H,18,20). The smallest absolute Gasteiger partial charge is 0.259 e. The molecule has 0 saturated heterocycles. The van der Waals surface area contributed by atoms with E-state index in [9.17, 15) is 13.6 Å². The number of rotatable bonds is 2. The molecule has 1 N–H and O–H groups in total. The van der Waals surface area contributed by atoms with Crippen molar-refractivity contribution < 1.29 is 13.6 Å². The summed E-state index contributed by atoms with van der Waals surface area (Å²) in [5.41, 5.74) is 0.188. The van der Waals surface area contributed by atoms with Crippen molar-refractivity contribution in [3.8, 4) is 0 Å². The van der Waals surface area contributed by atoms with Crippen molar-refractivity contribution in [2.24, 2.45) is 0 Å². The van der Waals surface area contributed by atoms with Gasteiger partial charge in [-0.15, -0.1) is 0 Å². The molecule has 3 aromatic rings. The fourth-order valence-corrected chi connectivity index (χ4v) is 1.92. The summed E-state index contributed by atoms with van der Waals surface area (Å²) in [4.78, 5) is 16.2. The molecule has 0 unspecified atom stereocenters. The summed E-state index contributed by atoms with van der Waals surface area (Å²) >= 11 is 0. The molecule has 0 spiro atoms. The summed E-state index contributed by atoms with van der Waals surface area (Å²) in [6.07, 6.45) is 4.94. The lowest BCUT2D eigenvalue weighted by molar-refractivity contribution is 0.102. The minimum Gasteiger partial charge on any atom is -0.317 e. The van der Waals surface area contributed by atoms with Crippen molar-refractivity contribution in [3.05, 3.63) is 66.1 Å². The van der Waals surface area contributed by atoms with Crippen LogP contribution in [0.25, 0.3) is 5.65 Å². The number of hydrogen-bond donors (Lipinski definition) is 1. The third-order valence-corrected chi connectivity index (χ3v) is 2.87. The van der Waals surface area contributed by atoms with E-state index in [-0.39, 0.29) is 5.56 Å². The highest BCUT2D eigenvalue weighted by Crippen LogP contribution is 2.19. The third kappa shape index (κ3) is 2.01. The van der Waals surface area contributed by atoms with E-state index in [4.69, 9.17) is 0 Å². The van der Waals surface area contributed by atoms with E-state index in [2.05, 4.69) is 10.3 Å². The van der Waals surface area contributed by atoms with Gasteiger partial charge in [0, 0.05) is 18.6 Å². The van der Waals surface area contributed by atoms with Crippen LogP contribution in [0.2, 0.25) is 0 Å². The monoisotopic (exact) mass is 273 g/mol. The van der Waals surface area contributed by atoms with Gasteiger partial charge in [-0.1, -0.05) is 6.07 Å². The van der Waals surface area contributed by atoms with Crippen molar-refractivity contribution in [1.82, 2.24) is 9.38 Å². The van der Waals surface area contributed by atoms with Crippen LogP contribution in [-0.2, 0) is 0 Å². The highest BCUT2D eigenvalue weighted by atomic mass is 19.1. The minimum atomic E-state index is -0.825. The van der Waals surface area contributed by atoms with Crippen LogP contribution < -0.4 is 5.32 Å². The molecule has 0 aliphatic carbocycles. The average molecular weight is 273 g/mol. The van der Waals surface area contributed by atoms with Crippen LogP contribution >= 0.6 is 0 Å². The van der Waals surface area contributed by atoms with E-state index < -0.39 is 23.2 Å². The second-order valence-electron chi connectivity index (χ2n) is 4.13. The summed E-state index contributed by atoms with van der Waals surface area (Å²) in [7, 11) is 0. The maximum atomic E-state index is 13.5. The number of hydrogen-bond acceptors (Lipinski definition) is 2. The van der Waals surface area contributed by atoms with E-state index in [1.807, 2.05) is 0 Å². The first-order valence-electron chi connectivity index (χ1n) is 5.84. The van der Waals surface area contributed by atoms with Gasteiger partial charge in [0.15, 0.2) is 0 Å². The van der Waals surface area contributed by atoms with Gasteiger partial charge in [-0.2, -0.15) is 0 Å². The lowest BCUT2D eigenvalue weighted by Gasteiger charge is -2.08. The van der Waals surface area contributed by atoms with Gasteiger partial charge in [-0.05, 0) is 24.3 Å². The van der Waals surface area contributed by atoms with Gasteiger partial charge < -0.3 is 9.72 Å². The molecule has 100 valence electrons. The topological polar surface area (TPSA) is 46.4 Å². The molecule has 0 fully saturated rings. The molecule has 1 aromatic carbocycles. The summed E-state index contributed by atoms with van der Waals surface area (Å²) < 4.78 is 28.7. The maximum absolute atomic E-state index is 13.5. The second-order valence-corrected chi connectivity index (χ2v) is 4.13. The number of carbonyl (C=O) groups excluding carboxylic acids is 1. The molecule has 20 heavy (non-hydrogen) atoms. The quantitative estimate of drug-likeness (QED) is 0.780. The van der Waals surface area contributed by atoms with Gasteiger partial charge in [-0.25, -0.2) is 13.8 Å². The highest BCUT2D eigenvalue weighted by Gasteiger charge is 2.16. The number of anilines is 1. The molecule has 4 nitrogen and oxygen atoms in total. The molecule has 2 heterocycles. The summed E-state index contributed by atoms with van der Waals surface area (Å²) in [5, 5.41) is 2.23. The zero-order chi connectivity index (χ0) is 14.1. The van der Waals surface area contributed by atoms with Crippen LogP contribution in [0.5, 0.6) is 0 Å². The van der Waals surface area contributed by atoms with Crippen LogP contribution in [0.4, 0.5) is 14.5 Å². The third-order valence-electron chi connectivity index (χ3n) is 2.87. The number of nitrogens with zero attached hydrogens (tertiary/aromatic N) is 2. The number of amides is 1. The van der Waals surface area contributed by atoms with Gasteiger partial charge in [-0.3, -0.25) is 4.79 Å². The van der Waals surface area contributed by atoms with E-state index >= 15 is 0 Å². The minimum absolute atomic E-state index is 0.236. The summed E-state index contributed by atoms with van der Waals surface area (Å²) in [5.74, 6) is -2.27. The predicted octanol–water partition coefficient (Wildman–Crippen LogP) is 2.86. The maximum Gasteiger partial charge on any atom is 0.259 e. The highest BCUT2D eigenvalue weighted by molar-refractivity contribution is 6.08. The molecule has 0 atom stereocenters. The van der Waals surface area contributed by atoms with Crippen molar-refractivity contribution in [1.29, 1.82) is 0 Å². The first kappa shape index (κ1) is 12.3. The molecule has 0 bridgehead atoms. The van der Waals surface area contributed by atoms with Crippen LogP contribution in [0.1, 0.15) is 10.4 Å². The Balaban J connectivity index is 2.00. The molecule has 0 aliphatic rings. The van der Waals surface area contributed by atoms with Gasteiger partial charge >= 0.3 is 0 Å². The number of para-hydroxylation sites is 1. The number of imidazole rings is 1. The normalized spacial score (nSPS) is 10.7. The van der Waals surface area contributed by atoms with Crippen LogP contribution in [0, 0.1) is 11.6 Å². The molecular weight excluding hydrogens is 264 g/mol. The van der Waals surface area contributed by atoms with Crippen molar-refractivity contribution >= 4 is 17.2 Å². The molecule has 0 aliphatic heterocycles. The van der Waals surface area contributed by atoms with Crippen molar-refractivity contribution in [3.63, 3.8) is 0 Å². The van der Waals surface area contributed by atoms with Gasteiger partial charge in [0.1, 0.15) is 23.0 Å². The molecule has 3 rings (SSSR count). The van der Waals surface area contributed by atoms with E-state index in [1.165, 1.54) is 18.3 Å². The van der Waals surface area contributed by atoms with Crippen LogP contribution in [-0.4, -0.2) is 15.3 Å². The van der Waals surface area contributed by atoms with E-state index in [0.29, 0.717) is 5.65 Å². The number of aromatic nitrogens is 2. The molecule has 0 radical (unpaired) electrons. The molecule has 0 saturated carbocycles. The lowest BCUT2D eigenvalue weighted by atomic mass is 10.2. The van der Waals surface area contributed by atoms with Gasteiger partial charge in [0.2, 0.25) is 0 Å². The fourth-order valence-electron chi connectivity index (χ4n) is 1.92. The first-order chi connectivity index (χ1) is 9.66. The van der Waals surface area contributed by atoms with Crippen molar-refractivity contribution in [2.75, 3.05) is 5.32 Å². The largest absolute Gasteiger partial charge is 0.317 e. The van der Waals surface area contributed by atoms with Gasteiger partial charge in [0.05, 0.1) is 5.56 Å². The number of benzene rings is 1. The Morgan fingerprint density at radius 1 is 1.10 bits per heavy atom. The number of carbonyl (C=O) groups is 1. The van der Waals surface area contributed by atoms with Crippen LogP contribution in [0.15, 0.2) is 48.9 Å². The average Bonchev–Trinajstić information content (AvgIpc) is 2.91. The van der Waals surface area contributed by atoms with E-state index in [1.54, 1.807) is 22.9 Å². The molecular formula is C14H9F2N3O. The predicted molar refractivity (Wildman–Crippen MR) is 69.5 cm³/mol. The lowest BCUT2D eigenvalue weighted by Crippen LogP contribution is -2.15. The van der Waals surface area contributed by atoms with E-state index in [0.717, 1.165) is 12.1 Å². The Morgan fingerprint density at radius 2 is 1.85 bits per heavy atom. The number of pyridine rings is 1. The molecule has 6 heteroatoms. The Labute approximate surface area is 112 Å². The van der Waals surface area contributed by atoms with Crippen LogP contribution in [0.3, 0.4) is 0 Å². The summed E-state index contributed by atoms with van der Waals surface area (Å²) in [6.45, 7) is 0. The Morgan fingerprint density at radius 3 is 2.60 bits per heavy atom. The molecule has 1 amide bonds. The SMILES string of the molecule is O=C(Nc1c(F)cccc1F)c1cccn2ccnc12. The Bertz CT molecular complexity index is 778. The van der Waals surface area contributed by atoms with Crippen molar-refractivity contribution in [2.45, 2.75) is 0 Å². The molecule has 2 aromatic heterocycles. The summed E-state index contributed by atoms with van der Waals surface area (Å²) in [6, 6.07) is 6.58. The number of halogens is 2. The Hall–Kier alpha value is -2.76.